The van der Waals surface area contributed by atoms with Crippen molar-refractivity contribution in [2.75, 3.05) is 20.8 Å². The van der Waals surface area contributed by atoms with E-state index < -0.39 is 22.1 Å². The van der Waals surface area contributed by atoms with Crippen molar-refractivity contribution in [3.63, 3.8) is 0 Å². The third-order valence-corrected chi connectivity index (χ3v) is 4.36. The lowest BCUT2D eigenvalue weighted by Gasteiger charge is -2.13. The minimum atomic E-state index is -5.34. The number of sulfonamides is 1. The second kappa shape index (κ2) is 6.84. The van der Waals surface area contributed by atoms with Crippen LogP contribution in [0, 0.1) is 0 Å². The van der Waals surface area contributed by atoms with Gasteiger partial charge in [-0.25, -0.2) is 13.1 Å². The number of hydrogen-bond donors (Lipinski definition) is 1. The van der Waals surface area contributed by atoms with Gasteiger partial charge in [-0.2, -0.15) is 13.2 Å². The van der Waals surface area contributed by atoms with E-state index >= 15 is 0 Å². The van der Waals surface area contributed by atoms with Crippen molar-refractivity contribution in [3.05, 3.63) is 22.2 Å². The molecule has 5 nitrogen and oxygen atoms in total. The number of ether oxygens (including phenoxy) is 2. The van der Waals surface area contributed by atoms with E-state index in [1.807, 2.05) is 0 Å². The first kappa shape index (κ1) is 18.1. The summed E-state index contributed by atoms with van der Waals surface area (Å²) in [5.74, 6) is 0.873. The second-order valence-electron chi connectivity index (χ2n) is 3.89. The van der Waals surface area contributed by atoms with Crippen LogP contribution in [-0.2, 0) is 16.4 Å². The van der Waals surface area contributed by atoms with Crippen LogP contribution >= 0.6 is 15.9 Å². The summed E-state index contributed by atoms with van der Waals surface area (Å²) >= 11 is 3.24. The van der Waals surface area contributed by atoms with Gasteiger partial charge in [-0.1, -0.05) is 0 Å². The zero-order valence-electron chi connectivity index (χ0n) is 11.1. The molecule has 0 spiro atoms. The fourth-order valence-corrected chi connectivity index (χ4v) is 2.54. The van der Waals surface area contributed by atoms with Crippen LogP contribution in [0.25, 0.3) is 0 Å². The number of alkyl halides is 3. The molecule has 1 aromatic rings. The molecule has 0 heterocycles. The molecular formula is C11H13BrF3NO4S. The van der Waals surface area contributed by atoms with Gasteiger partial charge < -0.3 is 9.47 Å². The van der Waals surface area contributed by atoms with E-state index in [0.29, 0.717) is 21.5 Å². The van der Waals surface area contributed by atoms with Crippen LogP contribution in [0.4, 0.5) is 13.2 Å². The SMILES string of the molecule is COc1cc(CCNS(=O)(=O)C(F)(F)F)c(OC)cc1Br. The highest BCUT2D eigenvalue weighted by Gasteiger charge is 2.45. The highest BCUT2D eigenvalue weighted by Crippen LogP contribution is 2.33. The maximum absolute atomic E-state index is 12.2. The second-order valence-corrected chi connectivity index (χ2v) is 6.50. The van der Waals surface area contributed by atoms with E-state index in [4.69, 9.17) is 9.47 Å². The first-order valence-corrected chi connectivity index (χ1v) is 7.86. The molecule has 1 N–H and O–H groups in total. The standard InChI is InChI=1S/C11H13BrF3NO4S/c1-19-9-6-8(12)10(20-2)5-7(9)3-4-16-21(17,18)11(13,14)15/h5-6,16H,3-4H2,1-2H3. The molecule has 0 fully saturated rings. The molecule has 0 bridgehead atoms. The summed E-state index contributed by atoms with van der Waals surface area (Å²) in [6.07, 6.45) is 0.0160. The molecule has 0 aliphatic carbocycles. The predicted octanol–water partition coefficient (Wildman–Crippen LogP) is 2.45. The first-order valence-electron chi connectivity index (χ1n) is 5.58. The maximum atomic E-state index is 12.2. The van der Waals surface area contributed by atoms with Gasteiger partial charge in [0.15, 0.2) is 0 Å². The Bertz CT molecular complexity index is 604. The Morgan fingerprint density at radius 1 is 1.19 bits per heavy atom. The van der Waals surface area contributed by atoms with Gasteiger partial charge in [0.05, 0.1) is 18.7 Å². The maximum Gasteiger partial charge on any atom is 0.511 e. The monoisotopic (exact) mass is 391 g/mol. The molecule has 10 heteroatoms. The van der Waals surface area contributed by atoms with Crippen molar-refractivity contribution in [2.45, 2.75) is 11.9 Å². The summed E-state index contributed by atoms with van der Waals surface area (Å²) in [5, 5.41) is 0. The number of rotatable bonds is 6. The van der Waals surface area contributed by atoms with Crippen LogP contribution < -0.4 is 14.2 Å². The lowest BCUT2D eigenvalue weighted by atomic mass is 10.1. The van der Waals surface area contributed by atoms with Crippen LogP contribution in [0.2, 0.25) is 0 Å². The van der Waals surface area contributed by atoms with Crippen LogP contribution in [-0.4, -0.2) is 34.7 Å². The Morgan fingerprint density at radius 3 is 2.24 bits per heavy atom. The van der Waals surface area contributed by atoms with Crippen LogP contribution in [0.3, 0.4) is 0 Å². The van der Waals surface area contributed by atoms with Crippen molar-refractivity contribution in [3.8, 4) is 11.5 Å². The summed E-state index contributed by atoms with van der Waals surface area (Å²) < 4.78 is 70.5. The Kier molecular flexibility index (Phi) is 5.88. The van der Waals surface area contributed by atoms with Crippen molar-refractivity contribution >= 4 is 26.0 Å². The molecule has 0 unspecified atom stereocenters. The van der Waals surface area contributed by atoms with Gasteiger partial charge in [-0.3, -0.25) is 0 Å². The third-order valence-electron chi connectivity index (χ3n) is 2.55. The third kappa shape index (κ3) is 4.48. The fraction of sp³-hybridized carbons (Fsp3) is 0.455. The Morgan fingerprint density at radius 2 is 1.76 bits per heavy atom. The zero-order valence-corrected chi connectivity index (χ0v) is 13.5. The van der Waals surface area contributed by atoms with E-state index in [9.17, 15) is 21.6 Å². The first-order chi connectivity index (χ1) is 9.62. The van der Waals surface area contributed by atoms with E-state index in [-0.39, 0.29) is 6.42 Å². The normalized spacial score (nSPS) is 12.3. The molecule has 1 rings (SSSR count). The molecule has 0 radical (unpaired) electrons. The molecule has 0 aliphatic heterocycles. The fourth-order valence-electron chi connectivity index (χ4n) is 1.52. The van der Waals surface area contributed by atoms with Crippen molar-refractivity contribution < 1.29 is 31.1 Å². The van der Waals surface area contributed by atoms with E-state index in [1.165, 1.54) is 18.9 Å². The summed E-state index contributed by atoms with van der Waals surface area (Å²) in [6.45, 7) is -0.414. The molecule has 0 saturated heterocycles. The van der Waals surface area contributed by atoms with Crippen LogP contribution in [0.5, 0.6) is 11.5 Å². The largest absolute Gasteiger partial charge is 0.511 e. The summed E-state index contributed by atoms with van der Waals surface area (Å²) in [4.78, 5) is 0. The minimum absolute atomic E-state index is 0.0160. The van der Waals surface area contributed by atoms with Crippen molar-refractivity contribution in [1.29, 1.82) is 0 Å². The molecule has 0 atom stereocenters. The van der Waals surface area contributed by atoms with E-state index in [0.717, 1.165) is 0 Å². The minimum Gasteiger partial charge on any atom is -0.496 e. The lowest BCUT2D eigenvalue weighted by Crippen LogP contribution is -2.37. The predicted molar refractivity (Wildman–Crippen MR) is 73.9 cm³/mol. The van der Waals surface area contributed by atoms with Gasteiger partial charge in [-0.15, -0.1) is 0 Å². The number of nitrogens with one attached hydrogen (secondary N) is 1. The van der Waals surface area contributed by atoms with Gasteiger partial charge in [0.25, 0.3) is 0 Å². The molecule has 0 amide bonds. The lowest BCUT2D eigenvalue weighted by molar-refractivity contribution is -0.0447. The number of halogens is 4. The van der Waals surface area contributed by atoms with Gasteiger partial charge in [0, 0.05) is 6.54 Å². The summed E-state index contributed by atoms with van der Waals surface area (Å²) in [6, 6.07) is 3.15. The average molecular weight is 392 g/mol. The molecule has 1 aromatic carbocycles. The molecule has 0 aliphatic rings. The topological polar surface area (TPSA) is 64.6 Å². The van der Waals surface area contributed by atoms with Crippen LogP contribution in [0.15, 0.2) is 16.6 Å². The zero-order chi connectivity index (χ0) is 16.3. The number of methoxy groups -OCH3 is 2. The molecule has 0 saturated carbocycles. The summed E-state index contributed by atoms with van der Waals surface area (Å²) in [7, 11) is -2.51. The van der Waals surface area contributed by atoms with Gasteiger partial charge in [-0.05, 0) is 40.0 Å². The van der Waals surface area contributed by atoms with Crippen molar-refractivity contribution in [2.24, 2.45) is 0 Å². The van der Waals surface area contributed by atoms with Crippen molar-refractivity contribution in [1.82, 2.24) is 4.72 Å². The highest BCUT2D eigenvalue weighted by molar-refractivity contribution is 9.10. The number of benzene rings is 1. The molecular weight excluding hydrogens is 379 g/mol. The van der Waals surface area contributed by atoms with Gasteiger partial charge in [0.2, 0.25) is 0 Å². The Hall–Kier alpha value is -1.00. The number of hydrogen-bond acceptors (Lipinski definition) is 4. The molecule has 21 heavy (non-hydrogen) atoms. The van der Waals surface area contributed by atoms with Crippen LogP contribution in [0.1, 0.15) is 5.56 Å². The van der Waals surface area contributed by atoms with Gasteiger partial charge in [0.1, 0.15) is 11.5 Å². The van der Waals surface area contributed by atoms with E-state index in [1.54, 1.807) is 12.1 Å². The summed E-state index contributed by atoms with van der Waals surface area (Å²) in [5.41, 5.74) is -4.81. The average Bonchev–Trinajstić information content (AvgIpc) is 2.38. The van der Waals surface area contributed by atoms with E-state index in [2.05, 4.69) is 15.9 Å². The molecule has 0 aromatic heterocycles. The van der Waals surface area contributed by atoms with Gasteiger partial charge >= 0.3 is 15.5 Å². The quantitative estimate of drug-likeness (QED) is 0.808. The smallest absolute Gasteiger partial charge is 0.496 e. The Labute approximate surface area is 128 Å². The highest BCUT2D eigenvalue weighted by atomic mass is 79.9. The Balaban J connectivity index is 2.85. The molecule has 120 valence electrons.